The lowest BCUT2D eigenvalue weighted by Crippen LogP contribution is -2.38. The lowest BCUT2D eigenvalue weighted by atomic mass is 9.77. The van der Waals surface area contributed by atoms with Crippen LogP contribution in [0.4, 0.5) is 13.2 Å². The van der Waals surface area contributed by atoms with Crippen LogP contribution in [-0.4, -0.2) is 25.1 Å². The first-order valence-electron chi connectivity index (χ1n) is 17.6. The van der Waals surface area contributed by atoms with Crippen LogP contribution in [0.1, 0.15) is 45.5 Å². The number of aromatic nitrogens is 4. The molecule has 0 atom stereocenters. The first-order valence-corrected chi connectivity index (χ1v) is 17.6. The third kappa shape index (κ3) is 5.56. The smallest absolute Gasteiger partial charge is 0.254 e. The number of carbonyl (C=O) groups is 1. The molecule has 1 aliphatic rings. The topological polar surface area (TPSA) is 64.2 Å². The van der Waals surface area contributed by atoms with Crippen molar-refractivity contribution in [2.75, 3.05) is 0 Å². The van der Waals surface area contributed by atoms with Crippen LogP contribution in [0.5, 0.6) is 0 Å². The standard InChI is InChI=1S/C45H32F3N5O/c46-36-18-20-38(40(48)25-36)44(22-23-44)51-43(54)37-19-16-30(24-39(37)47)41-27-49-42-21-17-31(28-52(41)42)32-26-50-53(29-32)45(33-10-4-1-5-11-33,34-12-6-2-7-13-34)35-14-8-3-9-15-35/h1-21,24-29H,22-23H2,(H,51,54). The molecule has 5 aromatic carbocycles. The van der Waals surface area contributed by atoms with Gasteiger partial charge in [-0.2, -0.15) is 5.10 Å². The zero-order chi connectivity index (χ0) is 36.9. The van der Waals surface area contributed by atoms with Crippen molar-refractivity contribution in [1.82, 2.24) is 24.5 Å². The van der Waals surface area contributed by atoms with Crippen LogP contribution in [0.25, 0.3) is 28.0 Å². The normalized spacial score (nSPS) is 13.5. The minimum Gasteiger partial charge on any atom is -0.342 e. The number of hydrogen-bond acceptors (Lipinski definition) is 3. The Balaban J connectivity index is 1.06. The summed E-state index contributed by atoms with van der Waals surface area (Å²) in [6, 6.07) is 42.5. The van der Waals surface area contributed by atoms with Gasteiger partial charge in [-0.25, -0.2) is 18.2 Å². The number of benzene rings is 5. The van der Waals surface area contributed by atoms with E-state index in [1.54, 1.807) is 12.3 Å². The summed E-state index contributed by atoms with van der Waals surface area (Å²) >= 11 is 0. The molecule has 3 heterocycles. The summed E-state index contributed by atoms with van der Waals surface area (Å²) in [6.45, 7) is 0. The van der Waals surface area contributed by atoms with E-state index in [9.17, 15) is 13.6 Å². The van der Waals surface area contributed by atoms with Crippen molar-refractivity contribution in [3.05, 3.63) is 210 Å². The van der Waals surface area contributed by atoms with Crippen LogP contribution < -0.4 is 5.32 Å². The maximum Gasteiger partial charge on any atom is 0.254 e. The maximum atomic E-state index is 15.7. The van der Waals surface area contributed by atoms with Crippen LogP contribution in [0.15, 0.2) is 164 Å². The molecule has 1 amide bonds. The average Bonchev–Trinajstić information content (AvgIpc) is 3.58. The van der Waals surface area contributed by atoms with E-state index in [2.05, 4.69) is 46.7 Å². The van der Waals surface area contributed by atoms with Gasteiger partial charge in [-0.15, -0.1) is 0 Å². The number of hydrogen-bond donors (Lipinski definition) is 1. The molecule has 1 saturated carbocycles. The molecule has 3 aromatic heterocycles. The molecule has 9 rings (SSSR count). The van der Waals surface area contributed by atoms with Gasteiger partial charge in [0.15, 0.2) is 0 Å². The molecule has 1 aliphatic carbocycles. The van der Waals surface area contributed by atoms with Crippen molar-refractivity contribution in [2.24, 2.45) is 0 Å². The number of pyridine rings is 1. The Hall–Kier alpha value is -6.74. The summed E-state index contributed by atoms with van der Waals surface area (Å²) in [7, 11) is 0. The highest BCUT2D eigenvalue weighted by molar-refractivity contribution is 5.96. The fourth-order valence-electron chi connectivity index (χ4n) is 7.56. The number of halogens is 3. The van der Waals surface area contributed by atoms with Crippen molar-refractivity contribution >= 4 is 11.6 Å². The second-order valence-electron chi connectivity index (χ2n) is 13.6. The number of imidazole rings is 1. The third-order valence-electron chi connectivity index (χ3n) is 10.4. The zero-order valence-electron chi connectivity index (χ0n) is 28.8. The number of rotatable bonds is 9. The SMILES string of the molecule is O=C(NC1(c2ccc(F)cc2F)CC1)c1ccc(-c2cnc3ccc(-c4cnn(C(c5ccccc5)(c5ccccc5)c5ccccc5)c4)cn23)cc1F. The first-order chi connectivity index (χ1) is 26.4. The predicted octanol–water partition coefficient (Wildman–Crippen LogP) is 9.54. The zero-order valence-corrected chi connectivity index (χ0v) is 28.8. The lowest BCUT2D eigenvalue weighted by Gasteiger charge is -2.36. The minimum absolute atomic E-state index is 0.173. The third-order valence-corrected chi connectivity index (χ3v) is 10.4. The van der Waals surface area contributed by atoms with Crippen LogP contribution in [0, 0.1) is 17.5 Å². The first kappa shape index (κ1) is 33.1. The van der Waals surface area contributed by atoms with Crippen molar-refractivity contribution in [3.63, 3.8) is 0 Å². The van der Waals surface area contributed by atoms with Crippen LogP contribution >= 0.6 is 0 Å². The molecule has 9 heteroatoms. The fourth-order valence-corrected chi connectivity index (χ4v) is 7.56. The molecule has 54 heavy (non-hydrogen) atoms. The predicted molar refractivity (Wildman–Crippen MR) is 201 cm³/mol. The van der Waals surface area contributed by atoms with Crippen LogP contribution in [-0.2, 0) is 11.1 Å². The molecule has 0 aliphatic heterocycles. The Labute approximate surface area is 309 Å². The van der Waals surface area contributed by atoms with Crippen LogP contribution in [0.2, 0.25) is 0 Å². The summed E-state index contributed by atoms with van der Waals surface area (Å²) in [5.74, 6) is -2.85. The molecule has 1 fully saturated rings. The van der Waals surface area contributed by atoms with E-state index < -0.39 is 34.4 Å². The van der Waals surface area contributed by atoms with E-state index >= 15 is 4.39 Å². The second kappa shape index (κ2) is 13.0. The Kier molecular flexibility index (Phi) is 8.00. The summed E-state index contributed by atoms with van der Waals surface area (Å²) < 4.78 is 47.7. The Morgan fingerprint density at radius 2 is 1.28 bits per heavy atom. The van der Waals surface area contributed by atoms with Gasteiger partial charge in [0.1, 0.15) is 28.6 Å². The molecule has 0 spiro atoms. The van der Waals surface area contributed by atoms with E-state index in [0.29, 0.717) is 29.7 Å². The molecule has 8 aromatic rings. The Morgan fingerprint density at radius 1 is 0.648 bits per heavy atom. The molecular formula is C45H32F3N5O. The number of nitrogens with one attached hydrogen (secondary N) is 1. The highest BCUT2D eigenvalue weighted by atomic mass is 19.1. The Bertz CT molecular complexity index is 2550. The molecule has 0 unspecified atom stereocenters. The van der Waals surface area contributed by atoms with E-state index in [4.69, 9.17) is 5.10 Å². The molecule has 6 nitrogen and oxygen atoms in total. The van der Waals surface area contributed by atoms with Gasteiger partial charge in [-0.3, -0.25) is 13.9 Å². The van der Waals surface area contributed by atoms with Gasteiger partial charge in [-0.1, -0.05) is 103 Å². The highest BCUT2D eigenvalue weighted by Gasteiger charge is 2.48. The highest BCUT2D eigenvalue weighted by Crippen LogP contribution is 2.47. The molecule has 264 valence electrons. The van der Waals surface area contributed by atoms with Gasteiger partial charge in [0.05, 0.1) is 29.2 Å². The molecular weight excluding hydrogens is 684 g/mol. The number of nitrogens with zero attached hydrogens (tertiary/aromatic N) is 4. The molecule has 0 saturated heterocycles. The summed E-state index contributed by atoms with van der Waals surface area (Å²) in [5, 5.41) is 7.79. The lowest BCUT2D eigenvalue weighted by molar-refractivity contribution is 0.0926. The van der Waals surface area contributed by atoms with Gasteiger partial charge < -0.3 is 5.32 Å². The summed E-state index contributed by atoms with van der Waals surface area (Å²) in [6.07, 6.45) is 8.44. The largest absolute Gasteiger partial charge is 0.342 e. The van der Waals surface area contributed by atoms with E-state index in [1.165, 1.54) is 18.2 Å². The van der Waals surface area contributed by atoms with Gasteiger partial charge in [0.2, 0.25) is 0 Å². The van der Waals surface area contributed by atoms with E-state index in [-0.39, 0.29) is 11.1 Å². The summed E-state index contributed by atoms with van der Waals surface area (Å²) in [4.78, 5) is 17.8. The van der Waals surface area contributed by atoms with Crippen molar-refractivity contribution in [2.45, 2.75) is 23.9 Å². The molecule has 0 bridgehead atoms. The second-order valence-corrected chi connectivity index (χ2v) is 13.6. The fraction of sp³-hybridized carbons (Fsp3) is 0.0889. The van der Waals surface area contributed by atoms with Crippen molar-refractivity contribution in [1.29, 1.82) is 0 Å². The number of amides is 1. The van der Waals surface area contributed by atoms with Gasteiger partial charge >= 0.3 is 0 Å². The molecule has 1 N–H and O–H groups in total. The van der Waals surface area contributed by atoms with E-state index in [1.807, 2.05) is 94.4 Å². The number of carbonyl (C=O) groups excluding carboxylic acids is 1. The summed E-state index contributed by atoms with van der Waals surface area (Å²) in [5.41, 5.74) is 4.96. The minimum atomic E-state index is -0.991. The van der Waals surface area contributed by atoms with Gasteiger partial charge in [0, 0.05) is 40.7 Å². The monoisotopic (exact) mass is 715 g/mol. The van der Waals surface area contributed by atoms with E-state index in [0.717, 1.165) is 39.9 Å². The van der Waals surface area contributed by atoms with Gasteiger partial charge in [0.25, 0.3) is 5.91 Å². The van der Waals surface area contributed by atoms with Crippen LogP contribution in [0.3, 0.4) is 0 Å². The quantitative estimate of drug-likeness (QED) is 0.152. The average molecular weight is 716 g/mol. The molecule has 0 radical (unpaired) electrons. The van der Waals surface area contributed by atoms with Gasteiger partial charge in [-0.05, 0) is 59.9 Å². The Morgan fingerprint density at radius 3 is 1.87 bits per heavy atom. The number of fused-ring (bicyclic) bond motifs is 1. The van der Waals surface area contributed by atoms with Crippen molar-refractivity contribution in [3.8, 4) is 22.4 Å². The van der Waals surface area contributed by atoms with Crippen molar-refractivity contribution < 1.29 is 18.0 Å². The maximum absolute atomic E-state index is 15.7.